The van der Waals surface area contributed by atoms with Gasteiger partial charge in [-0.05, 0) is 79.5 Å². The monoisotopic (exact) mass is 451 g/mol. The highest BCUT2D eigenvalue weighted by molar-refractivity contribution is 5.99. The van der Waals surface area contributed by atoms with Gasteiger partial charge in [0.15, 0.2) is 0 Å². The predicted octanol–water partition coefficient (Wildman–Crippen LogP) is 4.59. The van der Waals surface area contributed by atoms with Gasteiger partial charge < -0.3 is 20.0 Å². The molecule has 6 heteroatoms. The van der Waals surface area contributed by atoms with Crippen LogP contribution in [-0.4, -0.2) is 47.4 Å². The summed E-state index contributed by atoms with van der Waals surface area (Å²) in [6.45, 7) is 4.35. The maximum atomic E-state index is 12.2. The smallest absolute Gasteiger partial charge is 0.130 e. The topological polar surface area (TPSA) is 73.9 Å². The Kier molecular flexibility index (Phi) is 4.37. The van der Waals surface area contributed by atoms with Crippen LogP contribution in [0.25, 0.3) is 33.1 Å². The lowest BCUT2D eigenvalue weighted by Crippen LogP contribution is -2.42. The predicted molar refractivity (Wildman–Crippen MR) is 135 cm³/mol. The molecule has 4 heterocycles. The first-order chi connectivity index (χ1) is 16.7. The average molecular weight is 452 g/mol. The highest BCUT2D eigenvalue weighted by atomic mass is 16.1. The van der Waals surface area contributed by atoms with Crippen molar-refractivity contribution in [2.24, 2.45) is 5.41 Å². The van der Waals surface area contributed by atoms with Gasteiger partial charge in [-0.3, -0.25) is 4.98 Å². The van der Waals surface area contributed by atoms with E-state index in [2.05, 4.69) is 56.6 Å². The van der Waals surface area contributed by atoms with E-state index in [0.29, 0.717) is 5.41 Å². The molecular formula is C28H29N5O. The number of piperidine rings is 1. The molecule has 2 aliphatic heterocycles. The van der Waals surface area contributed by atoms with Gasteiger partial charge in [-0.15, -0.1) is 0 Å². The van der Waals surface area contributed by atoms with E-state index in [9.17, 15) is 4.79 Å². The van der Waals surface area contributed by atoms with Crippen LogP contribution in [0.2, 0.25) is 0 Å². The minimum absolute atomic E-state index is 0.356. The first-order valence-corrected chi connectivity index (χ1v) is 12.5. The number of anilines is 1. The molecule has 3 fully saturated rings. The van der Waals surface area contributed by atoms with E-state index in [0.717, 1.165) is 77.6 Å². The molecule has 1 saturated carbocycles. The van der Waals surface area contributed by atoms with Crippen molar-refractivity contribution in [2.45, 2.75) is 37.5 Å². The number of pyridine rings is 1. The summed E-state index contributed by atoms with van der Waals surface area (Å²) in [5.74, 6) is 0. The number of benzene rings is 2. The van der Waals surface area contributed by atoms with Gasteiger partial charge in [0.05, 0.1) is 34.0 Å². The van der Waals surface area contributed by atoms with Gasteiger partial charge in [0.1, 0.15) is 6.29 Å². The lowest BCUT2D eigenvalue weighted by Gasteiger charge is -2.41. The maximum Gasteiger partial charge on any atom is 0.130 e. The maximum absolute atomic E-state index is 12.2. The normalized spacial score (nSPS) is 20.9. The van der Waals surface area contributed by atoms with Crippen molar-refractivity contribution in [3.8, 4) is 11.1 Å². The molecule has 0 radical (unpaired) electrons. The highest BCUT2D eigenvalue weighted by Gasteiger charge is 2.47. The van der Waals surface area contributed by atoms with Crippen molar-refractivity contribution in [3.05, 3.63) is 54.5 Å². The van der Waals surface area contributed by atoms with Crippen LogP contribution in [0.5, 0.6) is 0 Å². The lowest BCUT2D eigenvalue weighted by atomic mass is 9.77. The summed E-state index contributed by atoms with van der Waals surface area (Å²) in [7, 11) is 0. The molecule has 3 aliphatic rings. The quantitative estimate of drug-likeness (QED) is 0.444. The van der Waals surface area contributed by atoms with Crippen molar-refractivity contribution in [1.29, 1.82) is 0 Å². The second-order valence-corrected chi connectivity index (χ2v) is 10.6. The Hall–Kier alpha value is -3.25. The second-order valence-electron chi connectivity index (χ2n) is 10.6. The Balaban J connectivity index is 1.36. The lowest BCUT2D eigenvalue weighted by molar-refractivity contribution is -0.109. The van der Waals surface area contributed by atoms with E-state index in [-0.39, 0.29) is 5.41 Å². The fraction of sp³-hybridized carbons (Fsp3) is 0.393. The van der Waals surface area contributed by atoms with Gasteiger partial charge in [-0.2, -0.15) is 0 Å². The number of nitrogens with zero attached hydrogens (tertiary/aromatic N) is 3. The number of aromatic amines is 1. The summed E-state index contributed by atoms with van der Waals surface area (Å²) in [5, 5.41) is 4.74. The van der Waals surface area contributed by atoms with Crippen LogP contribution in [-0.2, 0) is 10.2 Å². The Bertz CT molecular complexity index is 1400. The molecule has 1 aliphatic carbocycles. The number of H-pyrrole nitrogens is 1. The summed E-state index contributed by atoms with van der Waals surface area (Å²) < 4.78 is 0. The van der Waals surface area contributed by atoms with Gasteiger partial charge in [0, 0.05) is 36.8 Å². The largest absolute Gasteiger partial charge is 0.371 e. The van der Waals surface area contributed by atoms with Gasteiger partial charge in [0.2, 0.25) is 0 Å². The zero-order chi connectivity index (χ0) is 22.8. The number of rotatable bonds is 4. The molecule has 2 N–H and O–H groups in total. The van der Waals surface area contributed by atoms with E-state index >= 15 is 0 Å². The summed E-state index contributed by atoms with van der Waals surface area (Å²) in [5.41, 5.74) is 7.77. The number of imidazole rings is 1. The van der Waals surface area contributed by atoms with E-state index in [1.165, 1.54) is 31.2 Å². The number of nitrogens with one attached hydrogen (secondary N) is 2. The number of hydrogen-bond donors (Lipinski definition) is 2. The molecule has 172 valence electrons. The standard InChI is InChI=1S/C28H29N5O/c34-17-28(5-6-28)22-15-30-23-3-1-19(20-2-4-24-25(14-20)32-18-31-24)13-21(23)26(22)33-11-8-27(9-12-33)7-10-29-16-27/h1-4,13-15,17-18,29H,5-12,16H2,(H,31,32). The molecule has 0 unspecified atom stereocenters. The van der Waals surface area contributed by atoms with Crippen molar-refractivity contribution >= 4 is 33.9 Å². The molecule has 2 aromatic heterocycles. The van der Waals surface area contributed by atoms with Crippen molar-refractivity contribution in [1.82, 2.24) is 20.3 Å². The van der Waals surface area contributed by atoms with Crippen LogP contribution < -0.4 is 10.2 Å². The van der Waals surface area contributed by atoms with Crippen LogP contribution in [0, 0.1) is 5.41 Å². The minimum atomic E-state index is -0.356. The molecular weight excluding hydrogens is 422 g/mol. The van der Waals surface area contributed by atoms with E-state index in [4.69, 9.17) is 4.98 Å². The number of fused-ring (bicyclic) bond motifs is 2. The third-order valence-electron chi connectivity index (χ3n) is 8.62. The van der Waals surface area contributed by atoms with Gasteiger partial charge >= 0.3 is 0 Å². The van der Waals surface area contributed by atoms with Crippen LogP contribution >= 0.6 is 0 Å². The Morgan fingerprint density at radius 2 is 1.71 bits per heavy atom. The fourth-order valence-corrected chi connectivity index (χ4v) is 6.19. The minimum Gasteiger partial charge on any atom is -0.371 e. The molecule has 4 aromatic rings. The van der Waals surface area contributed by atoms with E-state index in [1.807, 2.05) is 6.20 Å². The molecule has 0 atom stereocenters. The first kappa shape index (κ1) is 20.2. The third-order valence-corrected chi connectivity index (χ3v) is 8.62. The number of carbonyl (C=O) groups excluding carboxylic acids is 1. The molecule has 6 nitrogen and oxygen atoms in total. The van der Waals surface area contributed by atoms with Gasteiger partial charge in [0.25, 0.3) is 0 Å². The molecule has 34 heavy (non-hydrogen) atoms. The van der Waals surface area contributed by atoms with E-state index in [1.54, 1.807) is 6.33 Å². The van der Waals surface area contributed by atoms with Crippen molar-refractivity contribution in [3.63, 3.8) is 0 Å². The van der Waals surface area contributed by atoms with Crippen molar-refractivity contribution in [2.75, 3.05) is 31.1 Å². The van der Waals surface area contributed by atoms with Crippen LogP contribution in [0.15, 0.2) is 48.9 Å². The van der Waals surface area contributed by atoms with Crippen LogP contribution in [0.1, 0.15) is 37.7 Å². The zero-order valence-corrected chi connectivity index (χ0v) is 19.3. The number of carbonyl (C=O) groups is 1. The molecule has 0 bridgehead atoms. The Morgan fingerprint density at radius 1 is 0.912 bits per heavy atom. The molecule has 7 rings (SSSR count). The summed E-state index contributed by atoms with van der Waals surface area (Å²) >= 11 is 0. The highest BCUT2D eigenvalue weighted by Crippen LogP contribution is 2.52. The molecule has 1 spiro atoms. The SMILES string of the molecule is O=CC1(c2cnc3ccc(-c4ccc5nc[nH]c5c4)cc3c2N2CCC3(CCNC3)CC2)CC1. The Morgan fingerprint density at radius 3 is 2.44 bits per heavy atom. The Labute approximate surface area is 198 Å². The van der Waals surface area contributed by atoms with Gasteiger partial charge in [-0.1, -0.05) is 12.1 Å². The first-order valence-electron chi connectivity index (χ1n) is 12.5. The van der Waals surface area contributed by atoms with Crippen LogP contribution in [0.3, 0.4) is 0 Å². The number of aromatic nitrogens is 3. The second kappa shape index (κ2) is 7.37. The average Bonchev–Trinajstić information content (AvgIpc) is 3.31. The number of hydrogen-bond acceptors (Lipinski definition) is 5. The molecule has 0 amide bonds. The summed E-state index contributed by atoms with van der Waals surface area (Å²) in [6, 6.07) is 12.9. The fourth-order valence-electron chi connectivity index (χ4n) is 6.19. The van der Waals surface area contributed by atoms with Crippen LogP contribution in [0.4, 0.5) is 5.69 Å². The zero-order valence-electron chi connectivity index (χ0n) is 19.3. The van der Waals surface area contributed by atoms with E-state index < -0.39 is 0 Å². The van der Waals surface area contributed by atoms with Gasteiger partial charge in [-0.25, -0.2) is 4.98 Å². The van der Waals surface area contributed by atoms with Crippen molar-refractivity contribution < 1.29 is 4.79 Å². The summed E-state index contributed by atoms with van der Waals surface area (Å²) in [4.78, 5) is 27.1. The molecule has 2 saturated heterocycles. The number of aldehydes is 1. The summed E-state index contributed by atoms with van der Waals surface area (Å²) in [6.07, 6.45) is 10.4. The third kappa shape index (κ3) is 3.08. The molecule has 2 aromatic carbocycles.